The molecule has 2 nitrogen and oxygen atoms in total. The highest BCUT2D eigenvalue weighted by Crippen LogP contribution is 2.11. The average Bonchev–Trinajstić information content (AvgIpc) is 1.76. The average molecular weight is 89.0 g/mol. The summed E-state index contributed by atoms with van der Waals surface area (Å²) < 4.78 is 4.75. The normalized spacial score (nSPS) is 25.6. The molecule has 1 heterocycles. The van der Waals surface area contributed by atoms with Crippen LogP contribution in [0.2, 0.25) is 0 Å². The van der Waals surface area contributed by atoms with Crippen molar-refractivity contribution in [2.45, 2.75) is 0 Å². The zero-order valence-corrected chi connectivity index (χ0v) is 3.64. The summed E-state index contributed by atoms with van der Waals surface area (Å²) in [6, 6.07) is 0. The molecule has 0 saturated heterocycles. The Balaban J connectivity index is 2.32. The van der Waals surface area contributed by atoms with Crippen molar-refractivity contribution in [2.75, 3.05) is 6.73 Å². The molecule has 1 unspecified atom stereocenters. The number of rotatable bonds is 0. The zero-order chi connectivity index (χ0) is 3.54. The van der Waals surface area contributed by atoms with Crippen LogP contribution in [0.25, 0.3) is 0 Å². The molecule has 0 N–H and O–H groups in total. The van der Waals surface area contributed by atoms with Gasteiger partial charge in [-0.1, -0.05) is 0 Å². The molecule has 0 spiro atoms. The lowest BCUT2D eigenvalue weighted by atomic mass is 11.3. The maximum atomic E-state index is 4.75. The highest BCUT2D eigenvalue weighted by atomic mass is 31.1. The molecule has 0 fully saturated rings. The second kappa shape index (κ2) is 1.48. The van der Waals surface area contributed by atoms with Crippen molar-refractivity contribution in [2.24, 2.45) is 4.99 Å². The predicted octanol–water partition coefficient (Wildman–Crippen LogP) is 0.596. The second-order valence-corrected chi connectivity index (χ2v) is 1.49. The topological polar surface area (TPSA) is 21.6 Å². The Hall–Kier alpha value is 0.0600. The molecule has 0 saturated carbocycles. The first-order valence-corrected chi connectivity index (χ1v) is 2.34. The number of aliphatic imine (C=N–C) groups is 1. The van der Waals surface area contributed by atoms with Crippen molar-refractivity contribution in [3.63, 3.8) is 0 Å². The molecule has 1 atom stereocenters. The van der Waals surface area contributed by atoms with Gasteiger partial charge in [0.1, 0.15) is 6.73 Å². The van der Waals surface area contributed by atoms with Crippen molar-refractivity contribution < 1.29 is 4.52 Å². The minimum absolute atomic E-state index is 0.517. The third-order valence-electron chi connectivity index (χ3n) is 0.366. The molecule has 0 amide bonds. The van der Waals surface area contributed by atoms with E-state index >= 15 is 0 Å². The lowest BCUT2D eigenvalue weighted by Crippen LogP contribution is -1.62. The Labute approximate surface area is 32.1 Å². The zero-order valence-electron chi connectivity index (χ0n) is 2.64. The first-order chi connectivity index (χ1) is 2.50. The van der Waals surface area contributed by atoms with E-state index in [1.807, 2.05) is 0 Å². The Kier molecular flexibility index (Phi) is 0.967. The van der Waals surface area contributed by atoms with E-state index in [9.17, 15) is 0 Å². The number of nitrogens with zero attached hydrogens (tertiary/aromatic N) is 1. The van der Waals surface area contributed by atoms with Gasteiger partial charge >= 0.3 is 0 Å². The summed E-state index contributed by atoms with van der Waals surface area (Å²) in [6.45, 7) is 0.582. The van der Waals surface area contributed by atoms with Gasteiger partial charge < -0.3 is 4.52 Å². The van der Waals surface area contributed by atoms with E-state index in [0.717, 1.165) is 0 Å². The predicted molar refractivity (Wildman–Crippen MR) is 22.8 cm³/mol. The molecule has 0 aromatic heterocycles. The fraction of sp³-hybridized carbons (Fsp3) is 0.500. The van der Waals surface area contributed by atoms with Crippen LogP contribution in [0.15, 0.2) is 4.99 Å². The van der Waals surface area contributed by atoms with Crippen molar-refractivity contribution in [1.29, 1.82) is 0 Å². The largest absolute Gasteiger partial charge is 0.334 e. The molecule has 0 bridgehead atoms. The molecular formula is C2H4NOP. The first-order valence-electron chi connectivity index (χ1n) is 1.36. The summed E-state index contributed by atoms with van der Waals surface area (Å²) in [5, 5.41) is 0. The first kappa shape index (κ1) is 3.26. The van der Waals surface area contributed by atoms with Gasteiger partial charge in [-0.3, -0.25) is 4.99 Å². The lowest BCUT2D eigenvalue weighted by molar-refractivity contribution is 0.396. The van der Waals surface area contributed by atoms with Gasteiger partial charge in [0.25, 0.3) is 0 Å². The molecule has 28 valence electrons. The number of hydrogen-bond donors (Lipinski definition) is 0. The fourth-order valence-corrected chi connectivity index (χ4v) is 0.559. The van der Waals surface area contributed by atoms with Gasteiger partial charge in [0.05, 0.1) is 8.81 Å². The van der Waals surface area contributed by atoms with Crippen LogP contribution in [0.1, 0.15) is 0 Å². The van der Waals surface area contributed by atoms with Crippen LogP contribution in [0.3, 0.4) is 0 Å². The molecular weight excluding hydrogens is 85.0 g/mol. The van der Waals surface area contributed by atoms with Gasteiger partial charge in [0.2, 0.25) is 0 Å². The smallest absolute Gasteiger partial charge is 0.141 e. The monoisotopic (exact) mass is 89.0 g/mol. The Bertz CT molecular complexity index is 47.6. The standard InChI is InChI=1S/C2H4NOP/c1-3-2-5-4-1/h2,5H,1H2. The van der Waals surface area contributed by atoms with E-state index < -0.39 is 0 Å². The lowest BCUT2D eigenvalue weighted by Gasteiger charge is -1.75. The van der Waals surface area contributed by atoms with E-state index in [4.69, 9.17) is 4.52 Å². The molecule has 0 radical (unpaired) electrons. The Morgan fingerprint density at radius 2 is 3.00 bits per heavy atom. The van der Waals surface area contributed by atoms with Gasteiger partial charge in [-0.15, -0.1) is 0 Å². The third-order valence-corrected chi connectivity index (χ3v) is 0.950. The number of hydrogen-bond acceptors (Lipinski definition) is 2. The molecule has 1 aliphatic heterocycles. The third kappa shape index (κ3) is 0.673. The summed E-state index contributed by atoms with van der Waals surface area (Å²) in [6.07, 6.45) is 0. The van der Waals surface area contributed by atoms with E-state index in [0.29, 0.717) is 15.5 Å². The van der Waals surface area contributed by atoms with E-state index in [1.165, 1.54) is 0 Å². The molecule has 3 heteroatoms. The van der Waals surface area contributed by atoms with Gasteiger partial charge in [-0.05, 0) is 0 Å². The highest BCUT2D eigenvalue weighted by Gasteiger charge is 1.84. The molecule has 0 aromatic rings. The van der Waals surface area contributed by atoms with E-state index in [2.05, 4.69) is 4.99 Å². The van der Waals surface area contributed by atoms with E-state index in [-0.39, 0.29) is 0 Å². The minimum Gasteiger partial charge on any atom is -0.334 e. The fourth-order valence-electron chi connectivity index (χ4n) is 0.186. The van der Waals surface area contributed by atoms with Gasteiger partial charge in [0.15, 0.2) is 0 Å². The van der Waals surface area contributed by atoms with Gasteiger partial charge in [-0.2, -0.15) is 0 Å². The maximum Gasteiger partial charge on any atom is 0.141 e. The summed E-state index contributed by atoms with van der Waals surface area (Å²) in [5.74, 6) is 1.79. The van der Waals surface area contributed by atoms with E-state index in [1.54, 1.807) is 5.96 Å². The SMILES string of the molecule is C1=NCOP1. The van der Waals surface area contributed by atoms with Crippen molar-refractivity contribution in [3.05, 3.63) is 0 Å². The van der Waals surface area contributed by atoms with Crippen molar-refractivity contribution in [1.82, 2.24) is 0 Å². The molecule has 1 rings (SSSR count). The van der Waals surface area contributed by atoms with Crippen LogP contribution >= 0.6 is 8.81 Å². The summed E-state index contributed by atoms with van der Waals surface area (Å²) in [7, 11) is 0.517. The van der Waals surface area contributed by atoms with Gasteiger partial charge in [0, 0.05) is 5.96 Å². The van der Waals surface area contributed by atoms with Crippen LogP contribution in [0, 0.1) is 0 Å². The highest BCUT2D eigenvalue weighted by molar-refractivity contribution is 7.50. The summed E-state index contributed by atoms with van der Waals surface area (Å²) in [4.78, 5) is 3.75. The molecule has 5 heavy (non-hydrogen) atoms. The molecule has 0 aliphatic carbocycles. The Morgan fingerprint density at radius 1 is 2.00 bits per heavy atom. The van der Waals surface area contributed by atoms with Crippen LogP contribution < -0.4 is 0 Å². The van der Waals surface area contributed by atoms with Crippen LogP contribution in [-0.2, 0) is 4.52 Å². The Morgan fingerprint density at radius 3 is 3.20 bits per heavy atom. The van der Waals surface area contributed by atoms with Crippen LogP contribution in [0.5, 0.6) is 0 Å². The van der Waals surface area contributed by atoms with Crippen molar-refractivity contribution >= 4 is 14.8 Å². The second-order valence-electron chi connectivity index (χ2n) is 0.703. The minimum atomic E-state index is 0.517. The van der Waals surface area contributed by atoms with Crippen LogP contribution in [-0.4, -0.2) is 12.7 Å². The molecule has 1 aliphatic rings. The van der Waals surface area contributed by atoms with Gasteiger partial charge in [-0.25, -0.2) is 0 Å². The summed E-state index contributed by atoms with van der Waals surface area (Å²) >= 11 is 0. The van der Waals surface area contributed by atoms with Crippen LogP contribution in [0.4, 0.5) is 0 Å². The maximum absolute atomic E-state index is 4.75. The quantitative estimate of drug-likeness (QED) is 0.398. The molecule has 0 aromatic carbocycles. The van der Waals surface area contributed by atoms with Crippen molar-refractivity contribution in [3.8, 4) is 0 Å². The summed E-state index contributed by atoms with van der Waals surface area (Å²) in [5.41, 5.74) is 0.